The number of imide groups is 1. The number of likely N-dealkylation sites (tertiary alicyclic amines) is 1. The van der Waals surface area contributed by atoms with Crippen LogP contribution in [-0.4, -0.2) is 52.6 Å². The molecule has 1 aliphatic rings. The van der Waals surface area contributed by atoms with Crippen LogP contribution in [0.3, 0.4) is 0 Å². The minimum atomic E-state index is -0.317. The number of nitrogens with two attached hydrogens (primary N) is 1. The van der Waals surface area contributed by atoms with Crippen LogP contribution in [0.4, 0.5) is 0 Å². The topological polar surface area (TPSA) is 110 Å². The lowest BCUT2D eigenvalue weighted by molar-refractivity contribution is -0.138. The average molecular weight is 428 g/mol. The maximum absolute atomic E-state index is 12.4. The van der Waals surface area contributed by atoms with Crippen molar-refractivity contribution in [3.05, 3.63) is 0 Å². The van der Waals surface area contributed by atoms with Gasteiger partial charge in [0.25, 0.3) is 0 Å². The van der Waals surface area contributed by atoms with Crippen molar-refractivity contribution >= 4 is 35.4 Å². The molecule has 1 aliphatic heterocycles. The second-order valence-corrected chi connectivity index (χ2v) is 8.90. The number of nitrogens with zero attached hydrogens (tertiary/aromatic N) is 1. The highest BCUT2D eigenvalue weighted by Crippen LogP contribution is 2.26. The van der Waals surface area contributed by atoms with E-state index in [0.29, 0.717) is 32.2 Å². The maximum Gasteiger partial charge on any atom is 0.242 e. The summed E-state index contributed by atoms with van der Waals surface area (Å²) in [6.07, 6.45) is 9.46. The lowest BCUT2D eigenvalue weighted by Gasteiger charge is -2.14. The standard InChI is InChI=1S/C21H37N3O4S/c1-2-3-8-13-23-19(26)12-7-5-10-15-29-17-16-20(27)24(21(17)28)14-9-4-6-11-18(22)25/h17H,2-16H2,1H3,(H2,22,25)(H,23,26). The molecule has 0 saturated carbocycles. The Morgan fingerprint density at radius 1 is 1.03 bits per heavy atom. The molecule has 1 atom stereocenters. The van der Waals surface area contributed by atoms with Gasteiger partial charge < -0.3 is 11.1 Å². The summed E-state index contributed by atoms with van der Waals surface area (Å²) in [6.45, 7) is 3.34. The van der Waals surface area contributed by atoms with Crippen molar-refractivity contribution in [2.75, 3.05) is 18.8 Å². The van der Waals surface area contributed by atoms with E-state index in [2.05, 4.69) is 12.2 Å². The van der Waals surface area contributed by atoms with Gasteiger partial charge in [0.1, 0.15) is 0 Å². The molecule has 0 aromatic rings. The van der Waals surface area contributed by atoms with Gasteiger partial charge >= 0.3 is 0 Å². The highest BCUT2D eigenvalue weighted by atomic mass is 32.2. The van der Waals surface area contributed by atoms with Gasteiger partial charge in [-0.3, -0.25) is 24.1 Å². The molecule has 166 valence electrons. The zero-order valence-corrected chi connectivity index (χ0v) is 18.6. The number of carbonyl (C=O) groups excluding carboxylic acids is 4. The van der Waals surface area contributed by atoms with E-state index in [1.807, 2.05) is 0 Å². The van der Waals surface area contributed by atoms with Gasteiger partial charge in [-0.05, 0) is 37.9 Å². The molecule has 3 N–H and O–H groups in total. The fourth-order valence-electron chi connectivity index (χ4n) is 3.25. The van der Waals surface area contributed by atoms with E-state index < -0.39 is 0 Å². The van der Waals surface area contributed by atoms with E-state index in [0.717, 1.165) is 57.2 Å². The van der Waals surface area contributed by atoms with Crippen molar-refractivity contribution in [2.24, 2.45) is 5.73 Å². The lowest BCUT2D eigenvalue weighted by Crippen LogP contribution is -2.32. The predicted octanol–water partition coefficient (Wildman–Crippen LogP) is 2.76. The number of nitrogens with one attached hydrogen (secondary N) is 1. The van der Waals surface area contributed by atoms with E-state index in [1.54, 1.807) is 11.8 Å². The third-order valence-corrected chi connectivity index (χ3v) is 6.27. The Bertz CT molecular complexity index is 542. The Hall–Kier alpha value is -1.57. The summed E-state index contributed by atoms with van der Waals surface area (Å²) in [6, 6.07) is 0. The normalized spacial score (nSPS) is 16.4. The number of rotatable bonds is 17. The zero-order chi connectivity index (χ0) is 21.5. The first kappa shape index (κ1) is 25.5. The highest BCUT2D eigenvalue weighted by molar-refractivity contribution is 8.00. The molecule has 0 radical (unpaired) electrons. The number of unbranched alkanes of at least 4 members (excludes halogenated alkanes) is 6. The van der Waals surface area contributed by atoms with Crippen LogP contribution in [0.15, 0.2) is 0 Å². The first-order valence-corrected chi connectivity index (χ1v) is 12.0. The molecule has 0 bridgehead atoms. The number of hydrogen-bond donors (Lipinski definition) is 2. The quantitative estimate of drug-likeness (QED) is 0.274. The van der Waals surface area contributed by atoms with Crippen molar-refractivity contribution < 1.29 is 19.2 Å². The Morgan fingerprint density at radius 3 is 2.48 bits per heavy atom. The van der Waals surface area contributed by atoms with Gasteiger partial charge in [0, 0.05) is 32.4 Å². The van der Waals surface area contributed by atoms with Crippen molar-refractivity contribution in [1.82, 2.24) is 10.2 Å². The van der Waals surface area contributed by atoms with E-state index >= 15 is 0 Å². The number of thioether (sulfide) groups is 1. The van der Waals surface area contributed by atoms with Crippen LogP contribution in [-0.2, 0) is 19.2 Å². The van der Waals surface area contributed by atoms with Gasteiger partial charge in [-0.1, -0.05) is 32.6 Å². The molecular formula is C21H37N3O4S. The molecule has 29 heavy (non-hydrogen) atoms. The lowest BCUT2D eigenvalue weighted by atomic mass is 10.2. The SMILES string of the molecule is CCCCCNC(=O)CCCCCSC1CC(=O)N(CCCCCC(N)=O)C1=O. The minimum Gasteiger partial charge on any atom is -0.370 e. The van der Waals surface area contributed by atoms with Crippen LogP contribution in [0.1, 0.15) is 84.0 Å². The van der Waals surface area contributed by atoms with Gasteiger partial charge in [-0.2, -0.15) is 0 Å². The van der Waals surface area contributed by atoms with Crippen molar-refractivity contribution in [3.63, 3.8) is 0 Å². The predicted molar refractivity (Wildman–Crippen MR) is 116 cm³/mol. The van der Waals surface area contributed by atoms with Crippen molar-refractivity contribution in [3.8, 4) is 0 Å². The molecule has 0 aromatic carbocycles. The molecule has 0 aromatic heterocycles. The van der Waals surface area contributed by atoms with Gasteiger partial charge in [-0.15, -0.1) is 11.8 Å². The third kappa shape index (κ3) is 11.3. The van der Waals surface area contributed by atoms with Gasteiger partial charge in [0.15, 0.2) is 0 Å². The summed E-state index contributed by atoms with van der Waals surface area (Å²) < 4.78 is 0. The van der Waals surface area contributed by atoms with Crippen LogP contribution in [0.5, 0.6) is 0 Å². The molecule has 1 heterocycles. The largest absolute Gasteiger partial charge is 0.370 e. The van der Waals surface area contributed by atoms with E-state index in [9.17, 15) is 19.2 Å². The Balaban J connectivity index is 2.08. The Morgan fingerprint density at radius 2 is 1.76 bits per heavy atom. The molecule has 1 saturated heterocycles. The molecule has 4 amide bonds. The van der Waals surface area contributed by atoms with Gasteiger partial charge in [0.05, 0.1) is 5.25 Å². The van der Waals surface area contributed by atoms with Crippen LogP contribution >= 0.6 is 11.8 Å². The summed E-state index contributed by atoms with van der Waals surface area (Å²) in [4.78, 5) is 48.3. The monoisotopic (exact) mass is 427 g/mol. The third-order valence-electron chi connectivity index (χ3n) is 4.98. The number of primary amides is 1. The Kier molecular flexibility index (Phi) is 13.4. The summed E-state index contributed by atoms with van der Waals surface area (Å²) >= 11 is 1.55. The molecular weight excluding hydrogens is 390 g/mol. The van der Waals surface area contributed by atoms with Crippen molar-refractivity contribution in [2.45, 2.75) is 89.2 Å². The van der Waals surface area contributed by atoms with Crippen LogP contribution in [0.2, 0.25) is 0 Å². The number of amides is 4. The average Bonchev–Trinajstić information content (AvgIpc) is 2.94. The van der Waals surface area contributed by atoms with Crippen LogP contribution in [0.25, 0.3) is 0 Å². The first-order chi connectivity index (χ1) is 14.0. The molecule has 1 fully saturated rings. The van der Waals surface area contributed by atoms with E-state index in [1.165, 1.54) is 4.90 Å². The molecule has 7 nitrogen and oxygen atoms in total. The van der Waals surface area contributed by atoms with Gasteiger partial charge in [0.2, 0.25) is 23.6 Å². The molecule has 1 rings (SSSR count). The Labute approximate surface area is 178 Å². The number of carbonyl (C=O) groups is 4. The second-order valence-electron chi connectivity index (χ2n) is 7.59. The van der Waals surface area contributed by atoms with Gasteiger partial charge in [-0.25, -0.2) is 0 Å². The smallest absolute Gasteiger partial charge is 0.242 e. The fraction of sp³-hybridized carbons (Fsp3) is 0.810. The van der Waals surface area contributed by atoms with E-state index in [-0.39, 0.29) is 35.3 Å². The van der Waals surface area contributed by atoms with E-state index in [4.69, 9.17) is 5.73 Å². The second kappa shape index (κ2) is 15.3. The summed E-state index contributed by atoms with van der Waals surface area (Å²) in [5.74, 6) is 0.455. The molecule has 1 unspecified atom stereocenters. The number of hydrogen-bond acceptors (Lipinski definition) is 5. The van der Waals surface area contributed by atoms with Crippen molar-refractivity contribution in [1.29, 1.82) is 0 Å². The summed E-state index contributed by atoms with van der Waals surface area (Å²) in [5, 5.41) is 2.68. The summed E-state index contributed by atoms with van der Waals surface area (Å²) in [5.41, 5.74) is 5.10. The molecule has 0 spiro atoms. The van der Waals surface area contributed by atoms with Crippen LogP contribution in [0, 0.1) is 0 Å². The first-order valence-electron chi connectivity index (χ1n) is 11.0. The maximum atomic E-state index is 12.4. The highest BCUT2D eigenvalue weighted by Gasteiger charge is 2.38. The molecule has 0 aliphatic carbocycles. The van der Waals surface area contributed by atoms with Crippen LogP contribution < -0.4 is 11.1 Å². The zero-order valence-electron chi connectivity index (χ0n) is 17.7. The summed E-state index contributed by atoms with van der Waals surface area (Å²) in [7, 11) is 0. The fourth-order valence-corrected chi connectivity index (χ4v) is 4.43. The minimum absolute atomic E-state index is 0.0821. The molecule has 8 heteroatoms.